The molecule has 0 aliphatic carbocycles. The van der Waals surface area contributed by atoms with E-state index in [2.05, 4.69) is 10.0 Å². The van der Waals surface area contributed by atoms with Gasteiger partial charge >= 0.3 is 5.63 Å². The van der Waals surface area contributed by atoms with Gasteiger partial charge in [0.25, 0.3) is 0 Å². The third kappa shape index (κ3) is 4.18. The van der Waals surface area contributed by atoms with E-state index in [9.17, 15) is 9.90 Å². The molecule has 0 saturated carbocycles. The minimum Gasteiger partial charge on any atom is -0.464 e. The molecule has 2 aromatic carbocycles. The van der Waals surface area contributed by atoms with Gasteiger partial charge in [0, 0.05) is 28.0 Å². The monoisotopic (exact) mass is 451 g/mol. The molecule has 2 fully saturated rings. The van der Waals surface area contributed by atoms with E-state index in [1.807, 2.05) is 37.3 Å². The van der Waals surface area contributed by atoms with Crippen LogP contribution in [0.1, 0.15) is 17.4 Å². The highest BCUT2D eigenvalue weighted by molar-refractivity contribution is 5.81. The molecule has 0 radical (unpaired) electrons. The Labute approximate surface area is 187 Å². The average Bonchev–Trinajstić information content (AvgIpc) is 2.81. The lowest BCUT2D eigenvalue weighted by atomic mass is 9.96. The molecular weight excluding hydrogens is 430 g/mol. The molecule has 2 aliphatic rings. The van der Waals surface area contributed by atoms with E-state index in [-0.39, 0.29) is 6.61 Å². The molecule has 5 rings (SSSR count). The Morgan fingerprint density at radius 3 is 2.76 bits per heavy atom. The van der Waals surface area contributed by atoms with E-state index in [1.54, 1.807) is 18.2 Å². The van der Waals surface area contributed by atoms with Crippen LogP contribution in [0.4, 0.5) is 0 Å². The van der Waals surface area contributed by atoms with Crippen LogP contribution in [0.15, 0.2) is 68.9 Å². The fourth-order valence-corrected chi connectivity index (χ4v) is 4.15. The predicted octanol–water partition coefficient (Wildman–Crippen LogP) is 3.36. The van der Waals surface area contributed by atoms with Crippen molar-refractivity contribution < 1.29 is 28.5 Å². The first-order valence-corrected chi connectivity index (χ1v) is 10.4. The summed E-state index contributed by atoms with van der Waals surface area (Å²) in [7, 11) is 0. The molecule has 0 spiro atoms. The van der Waals surface area contributed by atoms with Gasteiger partial charge in [-0.2, -0.15) is 0 Å². The Hall–Kier alpha value is -3.40. The van der Waals surface area contributed by atoms with E-state index >= 15 is 0 Å². The zero-order valence-corrected chi connectivity index (χ0v) is 17.6. The number of fused-ring (bicyclic) bond motifs is 2. The third-order valence-corrected chi connectivity index (χ3v) is 5.77. The minimum atomic E-state index is -1.19. The van der Waals surface area contributed by atoms with Crippen molar-refractivity contribution in [3.05, 3.63) is 86.6 Å². The first-order valence-electron chi connectivity index (χ1n) is 10.4. The number of ether oxygens (including phenoxy) is 4. The molecule has 6 atom stereocenters. The highest BCUT2D eigenvalue weighted by Crippen LogP contribution is 2.36. The Bertz CT molecular complexity index is 1260. The minimum absolute atomic E-state index is 0.149. The van der Waals surface area contributed by atoms with Crippen LogP contribution in [0.25, 0.3) is 21.4 Å². The number of aliphatic hydroxyl groups excluding tert-OH is 1. The molecule has 0 unspecified atom stereocenters. The number of hydrogen-bond donors (Lipinski definition) is 1. The first-order chi connectivity index (χ1) is 16.0. The number of benzene rings is 2. The fourth-order valence-electron chi connectivity index (χ4n) is 4.15. The van der Waals surface area contributed by atoms with Crippen LogP contribution in [-0.4, -0.2) is 42.4 Å². The molecule has 10 nitrogen and oxygen atoms in total. The second-order valence-corrected chi connectivity index (χ2v) is 7.93. The fraction of sp³-hybridized carbons (Fsp3) is 0.348. The van der Waals surface area contributed by atoms with Gasteiger partial charge in [0.05, 0.1) is 12.7 Å². The maximum absolute atomic E-state index is 11.7. The summed E-state index contributed by atoms with van der Waals surface area (Å²) < 4.78 is 28.9. The zero-order valence-electron chi connectivity index (χ0n) is 17.6. The number of aliphatic hydroxyl groups is 1. The standard InChI is InChI=1S/C23H21N3O7/c1-12-9-18(27)31-16-10-14(7-8-15(12)16)30-23-19(25-26-24)20(28)21-17(32-23)11-29-22(33-21)13-5-3-2-4-6-13/h2-10,17,19-23,28H,11H2,1H3/t17-,19-,20-,21+,22+,23+/m1/s1. The maximum Gasteiger partial charge on any atom is 0.336 e. The molecule has 2 aliphatic heterocycles. The molecule has 3 heterocycles. The normalized spacial score (nSPS) is 29.2. The van der Waals surface area contributed by atoms with Gasteiger partial charge in [0.2, 0.25) is 6.29 Å². The van der Waals surface area contributed by atoms with Crippen molar-refractivity contribution in [3.63, 3.8) is 0 Å². The predicted molar refractivity (Wildman–Crippen MR) is 115 cm³/mol. The van der Waals surface area contributed by atoms with Crippen LogP contribution in [0, 0.1) is 6.92 Å². The molecule has 2 saturated heterocycles. The van der Waals surface area contributed by atoms with Crippen LogP contribution in [0.3, 0.4) is 0 Å². The highest BCUT2D eigenvalue weighted by atomic mass is 16.7. The zero-order chi connectivity index (χ0) is 22.9. The van der Waals surface area contributed by atoms with E-state index < -0.39 is 42.6 Å². The van der Waals surface area contributed by atoms with Crippen LogP contribution in [0.5, 0.6) is 5.75 Å². The van der Waals surface area contributed by atoms with Crippen molar-refractivity contribution >= 4 is 11.0 Å². The summed E-state index contributed by atoms with van der Waals surface area (Å²) in [4.78, 5) is 14.6. The van der Waals surface area contributed by atoms with Gasteiger partial charge in [-0.25, -0.2) is 4.79 Å². The summed E-state index contributed by atoms with van der Waals surface area (Å²) in [6.07, 6.45) is -4.40. The number of nitrogens with zero attached hydrogens (tertiary/aromatic N) is 3. The van der Waals surface area contributed by atoms with Crippen molar-refractivity contribution in [1.82, 2.24) is 0 Å². The third-order valence-electron chi connectivity index (χ3n) is 5.77. The molecule has 33 heavy (non-hydrogen) atoms. The summed E-state index contributed by atoms with van der Waals surface area (Å²) in [5.74, 6) is 0.324. The first kappa shape index (κ1) is 21.4. The second kappa shape index (κ2) is 8.86. The van der Waals surface area contributed by atoms with Crippen LogP contribution in [-0.2, 0) is 14.2 Å². The molecule has 10 heteroatoms. The lowest BCUT2D eigenvalue weighted by molar-refractivity contribution is -0.331. The van der Waals surface area contributed by atoms with E-state index in [0.29, 0.717) is 11.3 Å². The number of aryl methyl sites for hydroxylation is 1. The van der Waals surface area contributed by atoms with Gasteiger partial charge in [-0.05, 0) is 30.2 Å². The Morgan fingerprint density at radius 2 is 1.97 bits per heavy atom. The largest absolute Gasteiger partial charge is 0.464 e. The molecule has 170 valence electrons. The van der Waals surface area contributed by atoms with Gasteiger partial charge in [0.15, 0.2) is 6.29 Å². The quantitative estimate of drug-likeness (QED) is 0.278. The molecule has 0 amide bonds. The summed E-state index contributed by atoms with van der Waals surface area (Å²) >= 11 is 0. The van der Waals surface area contributed by atoms with Gasteiger partial charge in [-0.3, -0.25) is 0 Å². The molecular formula is C23H21N3O7. The van der Waals surface area contributed by atoms with E-state index in [4.69, 9.17) is 28.9 Å². The Balaban J connectivity index is 1.39. The topological polar surface area (TPSA) is 136 Å². The number of rotatable bonds is 4. The van der Waals surface area contributed by atoms with E-state index in [1.165, 1.54) is 6.07 Å². The lowest BCUT2D eigenvalue weighted by Gasteiger charge is -2.46. The van der Waals surface area contributed by atoms with Crippen molar-refractivity contribution in [1.29, 1.82) is 0 Å². The van der Waals surface area contributed by atoms with Gasteiger partial charge in [-0.1, -0.05) is 35.4 Å². The highest BCUT2D eigenvalue weighted by Gasteiger charge is 2.50. The van der Waals surface area contributed by atoms with Crippen molar-refractivity contribution in [2.45, 2.75) is 43.9 Å². The van der Waals surface area contributed by atoms with Crippen LogP contribution < -0.4 is 10.4 Å². The summed E-state index contributed by atoms with van der Waals surface area (Å²) in [5.41, 5.74) is 10.5. The second-order valence-electron chi connectivity index (χ2n) is 7.93. The molecule has 1 N–H and O–H groups in total. The number of azide groups is 1. The number of hydrogen-bond acceptors (Lipinski definition) is 8. The van der Waals surface area contributed by atoms with Crippen molar-refractivity contribution in [2.24, 2.45) is 5.11 Å². The van der Waals surface area contributed by atoms with Crippen LogP contribution >= 0.6 is 0 Å². The SMILES string of the molecule is Cc1cc(=O)oc2cc(O[C@H]3O[C@@H]4CO[C@H](c5ccccc5)O[C@@H]4[C@H](O)[C@H]3N=[N+]=[N-])ccc12. The smallest absolute Gasteiger partial charge is 0.336 e. The van der Waals surface area contributed by atoms with Crippen LogP contribution in [0.2, 0.25) is 0 Å². The van der Waals surface area contributed by atoms with Gasteiger partial charge in [0.1, 0.15) is 29.6 Å². The van der Waals surface area contributed by atoms with Crippen molar-refractivity contribution in [2.75, 3.05) is 6.61 Å². The summed E-state index contributed by atoms with van der Waals surface area (Å²) in [5, 5.41) is 15.5. The lowest BCUT2D eigenvalue weighted by Crippen LogP contribution is -2.62. The Kier molecular flexibility index (Phi) is 5.76. The average molecular weight is 451 g/mol. The molecule has 1 aromatic heterocycles. The molecule has 0 bridgehead atoms. The van der Waals surface area contributed by atoms with E-state index in [0.717, 1.165) is 16.5 Å². The summed E-state index contributed by atoms with van der Waals surface area (Å²) in [6, 6.07) is 14.6. The summed E-state index contributed by atoms with van der Waals surface area (Å²) in [6.45, 7) is 1.96. The molecule has 3 aromatic rings. The maximum atomic E-state index is 11.7. The van der Waals surface area contributed by atoms with Crippen molar-refractivity contribution in [3.8, 4) is 5.75 Å². The van der Waals surface area contributed by atoms with Gasteiger partial charge in [-0.15, -0.1) is 0 Å². The van der Waals surface area contributed by atoms with Gasteiger partial charge < -0.3 is 28.5 Å². The Morgan fingerprint density at radius 1 is 1.15 bits per heavy atom.